The second kappa shape index (κ2) is 7.24. The van der Waals surface area contributed by atoms with Gasteiger partial charge >= 0.3 is 5.97 Å². The molecule has 2 rings (SSSR count). The molecule has 114 valence electrons. The molecule has 22 heavy (non-hydrogen) atoms. The first-order valence-corrected chi connectivity index (χ1v) is 7.06. The molecule has 5 nitrogen and oxygen atoms in total. The molecule has 1 heterocycles. The third kappa shape index (κ3) is 4.44. The number of anilines is 1. The molecule has 0 radical (unpaired) electrons. The van der Waals surface area contributed by atoms with Crippen molar-refractivity contribution in [3.05, 3.63) is 57.8 Å². The molecule has 0 unspecified atom stereocenters. The average molecular weight is 339 g/mol. The van der Waals surface area contributed by atoms with Crippen molar-refractivity contribution >= 4 is 40.8 Å². The number of ether oxygens (including phenoxy) is 1. The van der Waals surface area contributed by atoms with E-state index in [2.05, 4.69) is 10.3 Å². The van der Waals surface area contributed by atoms with Gasteiger partial charge in [0.25, 0.3) is 5.91 Å². The maximum Gasteiger partial charge on any atom is 0.340 e. The number of aryl methyl sites for hydroxylation is 1. The van der Waals surface area contributed by atoms with Gasteiger partial charge in [0.15, 0.2) is 6.61 Å². The fourth-order valence-electron chi connectivity index (χ4n) is 1.58. The van der Waals surface area contributed by atoms with Gasteiger partial charge in [-0.2, -0.15) is 0 Å². The summed E-state index contributed by atoms with van der Waals surface area (Å²) < 4.78 is 4.89. The van der Waals surface area contributed by atoms with E-state index in [-0.39, 0.29) is 10.7 Å². The first-order valence-electron chi connectivity index (χ1n) is 6.30. The van der Waals surface area contributed by atoms with E-state index >= 15 is 0 Å². The van der Waals surface area contributed by atoms with Crippen LogP contribution in [0.1, 0.15) is 15.9 Å². The Morgan fingerprint density at radius 1 is 1.23 bits per heavy atom. The predicted molar refractivity (Wildman–Crippen MR) is 84.3 cm³/mol. The molecule has 1 N–H and O–H groups in total. The summed E-state index contributed by atoms with van der Waals surface area (Å²) >= 11 is 11.6. The van der Waals surface area contributed by atoms with Gasteiger partial charge in [-0.25, -0.2) is 9.78 Å². The van der Waals surface area contributed by atoms with Crippen LogP contribution < -0.4 is 5.32 Å². The van der Waals surface area contributed by atoms with Crippen molar-refractivity contribution in [1.82, 2.24) is 4.98 Å². The van der Waals surface area contributed by atoms with E-state index in [1.807, 2.05) is 6.92 Å². The maximum atomic E-state index is 11.7. The predicted octanol–water partition coefficient (Wildman–Crippen LogP) is 3.49. The Bertz CT molecular complexity index is 702. The maximum absolute atomic E-state index is 11.7. The van der Waals surface area contributed by atoms with Crippen molar-refractivity contribution in [2.45, 2.75) is 6.92 Å². The minimum atomic E-state index is -0.652. The lowest BCUT2D eigenvalue weighted by atomic mass is 10.2. The summed E-state index contributed by atoms with van der Waals surface area (Å²) in [5.41, 5.74) is 1.65. The molecule has 7 heteroatoms. The number of carbonyl (C=O) groups excluding carboxylic acids is 2. The topological polar surface area (TPSA) is 68.3 Å². The summed E-state index contributed by atoms with van der Waals surface area (Å²) in [6, 6.07) is 8.05. The highest BCUT2D eigenvalue weighted by Gasteiger charge is 2.11. The highest BCUT2D eigenvalue weighted by atomic mass is 35.5. The summed E-state index contributed by atoms with van der Waals surface area (Å²) in [6.45, 7) is 1.45. The van der Waals surface area contributed by atoms with Crippen LogP contribution in [0.4, 0.5) is 5.69 Å². The molecule has 1 amide bonds. The van der Waals surface area contributed by atoms with Gasteiger partial charge in [0.1, 0.15) is 5.15 Å². The van der Waals surface area contributed by atoms with Gasteiger partial charge in [-0.1, -0.05) is 29.3 Å². The van der Waals surface area contributed by atoms with E-state index in [1.165, 1.54) is 18.3 Å². The highest BCUT2D eigenvalue weighted by Crippen LogP contribution is 2.19. The van der Waals surface area contributed by atoms with Crippen LogP contribution in [0.25, 0.3) is 0 Å². The number of carbonyl (C=O) groups is 2. The van der Waals surface area contributed by atoms with Crippen LogP contribution >= 0.6 is 23.2 Å². The number of hydrogen-bond acceptors (Lipinski definition) is 4. The number of benzene rings is 1. The lowest BCUT2D eigenvalue weighted by Crippen LogP contribution is -2.21. The molecule has 0 saturated carbocycles. The van der Waals surface area contributed by atoms with Gasteiger partial charge in [-0.15, -0.1) is 0 Å². The second-order valence-electron chi connectivity index (χ2n) is 4.46. The summed E-state index contributed by atoms with van der Waals surface area (Å²) in [4.78, 5) is 27.2. The molecule has 1 aromatic carbocycles. The smallest absolute Gasteiger partial charge is 0.340 e. The van der Waals surface area contributed by atoms with Crippen LogP contribution in [0.2, 0.25) is 10.2 Å². The van der Waals surface area contributed by atoms with E-state index in [9.17, 15) is 9.59 Å². The first kappa shape index (κ1) is 16.3. The molecule has 1 aromatic heterocycles. The molecule has 0 atom stereocenters. The highest BCUT2D eigenvalue weighted by molar-refractivity contribution is 6.31. The number of pyridine rings is 1. The van der Waals surface area contributed by atoms with Crippen LogP contribution in [0.3, 0.4) is 0 Å². The van der Waals surface area contributed by atoms with Crippen molar-refractivity contribution in [1.29, 1.82) is 0 Å². The minimum Gasteiger partial charge on any atom is -0.452 e. The molecule has 0 aliphatic rings. The minimum absolute atomic E-state index is 0.218. The van der Waals surface area contributed by atoms with Crippen LogP contribution in [0.15, 0.2) is 36.5 Å². The van der Waals surface area contributed by atoms with E-state index in [4.69, 9.17) is 27.9 Å². The third-order valence-electron chi connectivity index (χ3n) is 2.75. The summed E-state index contributed by atoms with van der Waals surface area (Å²) in [6.07, 6.45) is 1.28. The third-order valence-corrected chi connectivity index (χ3v) is 3.38. The van der Waals surface area contributed by atoms with Crippen molar-refractivity contribution in [2.75, 3.05) is 11.9 Å². The van der Waals surface area contributed by atoms with Gasteiger partial charge in [0.05, 0.1) is 5.56 Å². The lowest BCUT2D eigenvalue weighted by molar-refractivity contribution is -0.119. The van der Waals surface area contributed by atoms with E-state index in [0.29, 0.717) is 10.7 Å². The monoisotopic (exact) mass is 338 g/mol. The van der Waals surface area contributed by atoms with Crippen LogP contribution in [0.5, 0.6) is 0 Å². The number of esters is 1. The Hall–Kier alpha value is -2.11. The number of nitrogens with one attached hydrogen (secondary N) is 1. The van der Waals surface area contributed by atoms with Gasteiger partial charge in [-0.3, -0.25) is 4.79 Å². The Balaban J connectivity index is 1.88. The van der Waals surface area contributed by atoms with Gasteiger partial charge in [0, 0.05) is 16.9 Å². The number of amides is 1. The summed E-state index contributed by atoms with van der Waals surface area (Å²) in [5, 5.41) is 3.40. The number of hydrogen-bond donors (Lipinski definition) is 1. The Kier molecular flexibility index (Phi) is 5.35. The fourth-order valence-corrected chi connectivity index (χ4v) is 1.87. The second-order valence-corrected chi connectivity index (χ2v) is 5.25. The zero-order chi connectivity index (χ0) is 16.1. The van der Waals surface area contributed by atoms with Crippen molar-refractivity contribution < 1.29 is 14.3 Å². The first-order chi connectivity index (χ1) is 10.5. The number of rotatable bonds is 4. The Labute approximate surface area is 137 Å². The lowest BCUT2D eigenvalue weighted by Gasteiger charge is -2.07. The van der Waals surface area contributed by atoms with Gasteiger partial charge in [0.2, 0.25) is 0 Å². The molecule has 0 aliphatic heterocycles. The largest absolute Gasteiger partial charge is 0.452 e. The molecule has 0 aliphatic carbocycles. The van der Waals surface area contributed by atoms with Crippen molar-refractivity contribution in [3.63, 3.8) is 0 Å². The molecule has 0 spiro atoms. The molecule has 0 fully saturated rings. The van der Waals surface area contributed by atoms with Gasteiger partial charge < -0.3 is 10.1 Å². The van der Waals surface area contributed by atoms with Crippen LogP contribution in [0, 0.1) is 6.92 Å². The average Bonchev–Trinajstić information content (AvgIpc) is 2.49. The van der Waals surface area contributed by atoms with Crippen molar-refractivity contribution in [2.24, 2.45) is 0 Å². The molecule has 0 saturated heterocycles. The SMILES string of the molecule is Cc1ccc(NC(=O)COC(=O)c2ccc(Cl)nc2)cc1Cl. The Morgan fingerprint density at radius 3 is 2.64 bits per heavy atom. The van der Waals surface area contributed by atoms with Crippen molar-refractivity contribution in [3.8, 4) is 0 Å². The Morgan fingerprint density at radius 2 is 2.00 bits per heavy atom. The quantitative estimate of drug-likeness (QED) is 0.684. The normalized spacial score (nSPS) is 10.1. The van der Waals surface area contributed by atoms with Gasteiger partial charge in [-0.05, 0) is 36.8 Å². The number of nitrogens with zero attached hydrogens (tertiary/aromatic N) is 1. The molecular formula is C15H12Cl2N2O3. The van der Waals surface area contributed by atoms with Crippen LogP contribution in [-0.4, -0.2) is 23.5 Å². The zero-order valence-electron chi connectivity index (χ0n) is 11.6. The summed E-state index contributed by atoms with van der Waals surface area (Å²) in [5.74, 6) is -1.11. The van der Waals surface area contributed by atoms with E-state index in [1.54, 1.807) is 18.2 Å². The number of aromatic nitrogens is 1. The van der Waals surface area contributed by atoms with E-state index in [0.717, 1.165) is 5.56 Å². The zero-order valence-corrected chi connectivity index (χ0v) is 13.1. The van der Waals surface area contributed by atoms with E-state index < -0.39 is 18.5 Å². The molecule has 2 aromatic rings. The molecular weight excluding hydrogens is 327 g/mol. The fraction of sp³-hybridized carbons (Fsp3) is 0.133. The molecule has 0 bridgehead atoms. The summed E-state index contributed by atoms with van der Waals surface area (Å²) in [7, 11) is 0. The standard InChI is InChI=1S/C15H12Cl2N2O3/c1-9-2-4-11(6-12(9)16)19-14(20)8-22-15(21)10-3-5-13(17)18-7-10/h2-7H,8H2,1H3,(H,19,20). The number of halogens is 2. The van der Waals surface area contributed by atoms with Crippen LogP contribution in [-0.2, 0) is 9.53 Å².